The highest BCUT2D eigenvalue weighted by molar-refractivity contribution is 5.88. The molecular formula is C11H8O3. The van der Waals surface area contributed by atoms with Crippen LogP contribution in [0.1, 0.15) is 15.9 Å². The maximum Gasteiger partial charge on any atom is 0.335 e. The Labute approximate surface area is 80.9 Å². The van der Waals surface area contributed by atoms with Crippen molar-refractivity contribution in [1.82, 2.24) is 0 Å². The summed E-state index contributed by atoms with van der Waals surface area (Å²) in [6.07, 6.45) is 6.98. The molecule has 0 aromatic heterocycles. The van der Waals surface area contributed by atoms with Gasteiger partial charge < -0.3 is 9.84 Å². The molecular weight excluding hydrogens is 180 g/mol. The van der Waals surface area contributed by atoms with Crippen LogP contribution in [0.15, 0.2) is 36.6 Å². The first-order valence-corrected chi connectivity index (χ1v) is 4.14. The molecule has 0 aliphatic carbocycles. The third kappa shape index (κ3) is 1.52. The van der Waals surface area contributed by atoms with Crippen LogP contribution in [0, 0.1) is 0 Å². The predicted octanol–water partition coefficient (Wildman–Crippen LogP) is 2.30. The van der Waals surface area contributed by atoms with Crippen molar-refractivity contribution in [2.45, 2.75) is 0 Å². The van der Waals surface area contributed by atoms with Crippen LogP contribution >= 0.6 is 0 Å². The van der Waals surface area contributed by atoms with Gasteiger partial charge in [0, 0.05) is 5.56 Å². The van der Waals surface area contributed by atoms with Crippen LogP contribution in [0.25, 0.3) is 6.08 Å². The highest BCUT2D eigenvalue weighted by Crippen LogP contribution is 2.23. The van der Waals surface area contributed by atoms with Gasteiger partial charge in [-0.25, -0.2) is 4.79 Å². The SMILES string of the molecule is O=C(O)c1ccc2c(c1)OC=CC=C2. The van der Waals surface area contributed by atoms with Gasteiger partial charge in [-0.1, -0.05) is 18.2 Å². The molecule has 0 spiro atoms. The normalized spacial score (nSPS) is 12.9. The molecule has 0 saturated carbocycles. The van der Waals surface area contributed by atoms with Crippen LogP contribution in [0.3, 0.4) is 0 Å². The first-order chi connectivity index (χ1) is 6.77. The van der Waals surface area contributed by atoms with E-state index in [2.05, 4.69) is 0 Å². The fourth-order valence-corrected chi connectivity index (χ4v) is 1.22. The Hall–Kier alpha value is -2.03. The molecule has 0 bridgehead atoms. The molecule has 0 unspecified atom stereocenters. The van der Waals surface area contributed by atoms with E-state index in [1.54, 1.807) is 18.2 Å². The van der Waals surface area contributed by atoms with Gasteiger partial charge in [0.15, 0.2) is 0 Å². The van der Waals surface area contributed by atoms with Gasteiger partial charge in [0.2, 0.25) is 0 Å². The van der Waals surface area contributed by atoms with Crippen LogP contribution in [-0.2, 0) is 0 Å². The Morgan fingerprint density at radius 2 is 2.14 bits per heavy atom. The number of hydrogen-bond acceptors (Lipinski definition) is 2. The number of hydrogen-bond donors (Lipinski definition) is 1. The summed E-state index contributed by atoms with van der Waals surface area (Å²) in [5.74, 6) is -0.386. The van der Waals surface area contributed by atoms with E-state index in [-0.39, 0.29) is 5.56 Å². The summed E-state index contributed by atoms with van der Waals surface area (Å²) in [5, 5.41) is 8.77. The average Bonchev–Trinajstić information content (AvgIpc) is 2.41. The van der Waals surface area contributed by atoms with E-state index in [0.717, 1.165) is 5.56 Å². The quantitative estimate of drug-likeness (QED) is 0.735. The fourth-order valence-electron chi connectivity index (χ4n) is 1.22. The van der Waals surface area contributed by atoms with E-state index >= 15 is 0 Å². The summed E-state index contributed by atoms with van der Waals surface area (Å²) in [6, 6.07) is 4.79. The number of allylic oxidation sites excluding steroid dienone is 2. The Morgan fingerprint density at radius 3 is 2.93 bits per heavy atom. The van der Waals surface area contributed by atoms with Gasteiger partial charge in [-0.05, 0) is 18.2 Å². The van der Waals surface area contributed by atoms with Gasteiger partial charge in [-0.3, -0.25) is 0 Å². The smallest absolute Gasteiger partial charge is 0.335 e. The zero-order valence-corrected chi connectivity index (χ0v) is 7.31. The summed E-state index contributed by atoms with van der Waals surface area (Å²) < 4.78 is 5.23. The molecule has 1 aromatic rings. The van der Waals surface area contributed by atoms with Crippen LogP contribution in [0.2, 0.25) is 0 Å². The van der Waals surface area contributed by atoms with Crippen molar-refractivity contribution in [2.24, 2.45) is 0 Å². The molecule has 1 aliphatic heterocycles. The van der Waals surface area contributed by atoms with E-state index < -0.39 is 5.97 Å². The zero-order chi connectivity index (χ0) is 9.97. The number of carboxylic acid groups (broad SMARTS) is 1. The number of benzene rings is 1. The lowest BCUT2D eigenvalue weighted by Crippen LogP contribution is -1.97. The molecule has 1 aromatic carbocycles. The van der Waals surface area contributed by atoms with Gasteiger partial charge >= 0.3 is 5.97 Å². The van der Waals surface area contributed by atoms with Crippen molar-refractivity contribution in [3.05, 3.63) is 47.7 Å². The molecule has 3 nitrogen and oxygen atoms in total. The molecule has 0 amide bonds. The zero-order valence-electron chi connectivity index (χ0n) is 7.31. The fraction of sp³-hybridized carbons (Fsp3) is 0. The van der Waals surface area contributed by atoms with Crippen LogP contribution < -0.4 is 4.74 Å². The monoisotopic (exact) mass is 188 g/mol. The summed E-state index contributed by atoms with van der Waals surface area (Å²) in [5.41, 5.74) is 1.10. The second-order valence-electron chi connectivity index (χ2n) is 2.86. The molecule has 14 heavy (non-hydrogen) atoms. The van der Waals surface area contributed by atoms with Crippen LogP contribution in [-0.4, -0.2) is 11.1 Å². The lowest BCUT2D eigenvalue weighted by atomic mass is 10.1. The Kier molecular flexibility index (Phi) is 2.07. The molecule has 0 fully saturated rings. The van der Waals surface area contributed by atoms with E-state index in [9.17, 15) is 4.79 Å². The first-order valence-electron chi connectivity index (χ1n) is 4.14. The molecule has 70 valence electrons. The van der Waals surface area contributed by atoms with Crippen molar-refractivity contribution < 1.29 is 14.6 Å². The summed E-state index contributed by atoms with van der Waals surface area (Å²) in [6.45, 7) is 0. The number of aromatic carboxylic acids is 1. The lowest BCUT2D eigenvalue weighted by molar-refractivity contribution is 0.0696. The van der Waals surface area contributed by atoms with E-state index in [1.165, 1.54) is 12.3 Å². The van der Waals surface area contributed by atoms with Crippen LogP contribution in [0.4, 0.5) is 0 Å². The Bertz CT molecular complexity index is 430. The second-order valence-corrected chi connectivity index (χ2v) is 2.86. The summed E-state index contributed by atoms with van der Waals surface area (Å²) >= 11 is 0. The van der Waals surface area contributed by atoms with Crippen molar-refractivity contribution in [2.75, 3.05) is 0 Å². The Morgan fingerprint density at radius 1 is 1.29 bits per heavy atom. The molecule has 0 saturated heterocycles. The minimum Gasteiger partial charge on any atom is -0.478 e. The minimum atomic E-state index is -0.950. The molecule has 1 N–H and O–H groups in total. The van der Waals surface area contributed by atoms with E-state index in [0.29, 0.717) is 5.75 Å². The average molecular weight is 188 g/mol. The second kappa shape index (κ2) is 3.38. The topological polar surface area (TPSA) is 46.5 Å². The van der Waals surface area contributed by atoms with Crippen molar-refractivity contribution in [3.8, 4) is 5.75 Å². The maximum atomic E-state index is 10.7. The molecule has 1 aliphatic rings. The standard InChI is InChI=1S/C11H8O3/c12-11(13)9-5-4-8-3-1-2-6-14-10(8)7-9/h1-7H,(H,12,13). The van der Waals surface area contributed by atoms with Gasteiger partial charge in [0.05, 0.1) is 11.8 Å². The maximum absolute atomic E-state index is 10.7. The van der Waals surface area contributed by atoms with Gasteiger partial charge in [0.25, 0.3) is 0 Å². The summed E-state index contributed by atoms with van der Waals surface area (Å²) in [4.78, 5) is 10.7. The predicted molar refractivity (Wildman–Crippen MR) is 52.2 cm³/mol. The van der Waals surface area contributed by atoms with Gasteiger partial charge in [-0.15, -0.1) is 0 Å². The number of fused-ring (bicyclic) bond motifs is 1. The van der Waals surface area contributed by atoms with Gasteiger partial charge in [0.1, 0.15) is 5.75 Å². The largest absolute Gasteiger partial charge is 0.478 e. The molecule has 0 atom stereocenters. The third-order valence-corrected chi connectivity index (χ3v) is 1.92. The number of carbonyl (C=O) groups is 1. The molecule has 0 radical (unpaired) electrons. The van der Waals surface area contributed by atoms with Crippen molar-refractivity contribution in [3.63, 3.8) is 0 Å². The van der Waals surface area contributed by atoms with Gasteiger partial charge in [-0.2, -0.15) is 0 Å². The highest BCUT2D eigenvalue weighted by atomic mass is 16.5. The molecule has 1 heterocycles. The lowest BCUT2D eigenvalue weighted by Gasteiger charge is -2.04. The Balaban J connectivity index is 2.49. The minimum absolute atomic E-state index is 0.229. The van der Waals surface area contributed by atoms with Crippen LogP contribution in [0.5, 0.6) is 5.75 Å². The molecule has 3 heteroatoms. The number of rotatable bonds is 1. The van der Waals surface area contributed by atoms with Crippen molar-refractivity contribution in [1.29, 1.82) is 0 Å². The third-order valence-electron chi connectivity index (χ3n) is 1.92. The highest BCUT2D eigenvalue weighted by Gasteiger charge is 2.07. The van der Waals surface area contributed by atoms with Crippen molar-refractivity contribution >= 4 is 12.0 Å². The number of carboxylic acids is 1. The summed E-state index contributed by atoms with van der Waals surface area (Å²) in [7, 11) is 0. The molecule has 2 rings (SSSR count). The van der Waals surface area contributed by atoms with E-state index in [4.69, 9.17) is 9.84 Å². The van der Waals surface area contributed by atoms with E-state index in [1.807, 2.05) is 12.2 Å². The first kappa shape index (κ1) is 8.56. The number of ether oxygens (including phenoxy) is 1.